The average Bonchev–Trinajstić information content (AvgIpc) is 2.67. The van der Waals surface area contributed by atoms with Crippen molar-refractivity contribution >= 4 is 27.3 Å². The molecule has 1 aliphatic rings. The molecule has 1 N–H and O–H groups in total. The SMILES string of the molecule is [C-]#[N+]c1ccc(OCC2(CO)CN(S(=O)(=O)c3ccc(C#N)cc3Cl)C2)cc1F. The van der Waals surface area contributed by atoms with Gasteiger partial charge in [0.15, 0.2) is 0 Å². The van der Waals surface area contributed by atoms with Gasteiger partial charge in [-0.25, -0.2) is 17.7 Å². The van der Waals surface area contributed by atoms with Crippen LogP contribution in [0.25, 0.3) is 4.85 Å². The van der Waals surface area contributed by atoms with Gasteiger partial charge in [-0.2, -0.15) is 9.57 Å². The number of rotatable bonds is 6. The molecule has 0 radical (unpaired) electrons. The van der Waals surface area contributed by atoms with Crippen molar-refractivity contribution in [2.75, 3.05) is 26.3 Å². The molecular weight excluding hydrogens is 421 g/mol. The summed E-state index contributed by atoms with van der Waals surface area (Å²) >= 11 is 6.02. The van der Waals surface area contributed by atoms with E-state index in [1.807, 2.05) is 6.07 Å². The van der Waals surface area contributed by atoms with Crippen molar-refractivity contribution in [3.05, 3.63) is 64.2 Å². The summed E-state index contributed by atoms with van der Waals surface area (Å²) in [6.45, 7) is 6.45. The fraction of sp³-hybridized carbons (Fsp3) is 0.263. The van der Waals surface area contributed by atoms with Crippen LogP contribution in [-0.4, -0.2) is 44.1 Å². The number of nitriles is 1. The molecule has 10 heteroatoms. The van der Waals surface area contributed by atoms with Gasteiger partial charge in [-0.05, 0) is 30.3 Å². The van der Waals surface area contributed by atoms with E-state index in [9.17, 15) is 17.9 Å². The molecule has 2 aromatic carbocycles. The van der Waals surface area contributed by atoms with Crippen LogP contribution in [-0.2, 0) is 10.0 Å². The van der Waals surface area contributed by atoms with Crippen LogP contribution in [0.15, 0.2) is 41.3 Å². The van der Waals surface area contributed by atoms with E-state index >= 15 is 0 Å². The molecule has 29 heavy (non-hydrogen) atoms. The maximum atomic E-state index is 13.7. The predicted molar refractivity (Wildman–Crippen MR) is 103 cm³/mol. The highest BCUT2D eigenvalue weighted by molar-refractivity contribution is 7.89. The summed E-state index contributed by atoms with van der Waals surface area (Å²) in [6.07, 6.45) is 0. The number of hydrogen-bond donors (Lipinski definition) is 1. The Bertz CT molecular complexity index is 1140. The number of halogens is 2. The number of aliphatic hydroxyl groups excluding tert-OH is 1. The maximum absolute atomic E-state index is 13.7. The Morgan fingerprint density at radius 1 is 1.34 bits per heavy atom. The summed E-state index contributed by atoms with van der Waals surface area (Å²) in [4.78, 5) is 2.90. The minimum absolute atomic E-state index is 0.00914. The zero-order chi connectivity index (χ0) is 21.2. The molecule has 1 heterocycles. The molecule has 0 aliphatic carbocycles. The van der Waals surface area contributed by atoms with Gasteiger partial charge in [-0.3, -0.25) is 0 Å². The highest BCUT2D eigenvalue weighted by Gasteiger charge is 2.49. The Balaban J connectivity index is 1.70. The lowest BCUT2D eigenvalue weighted by Crippen LogP contribution is -2.62. The first-order valence-electron chi connectivity index (χ1n) is 8.35. The van der Waals surface area contributed by atoms with Gasteiger partial charge in [0.25, 0.3) is 0 Å². The average molecular weight is 436 g/mol. The van der Waals surface area contributed by atoms with Crippen LogP contribution in [0.3, 0.4) is 0 Å². The van der Waals surface area contributed by atoms with Crippen molar-refractivity contribution in [3.63, 3.8) is 0 Å². The minimum atomic E-state index is -3.91. The molecule has 0 aromatic heterocycles. The molecule has 2 aromatic rings. The predicted octanol–water partition coefficient (Wildman–Crippen LogP) is 2.96. The minimum Gasteiger partial charge on any atom is -0.493 e. The monoisotopic (exact) mass is 435 g/mol. The van der Waals surface area contributed by atoms with E-state index in [-0.39, 0.29) is 53.2 Å². The van der Waals surface area contributed by atoms with Crippen LogP contribution in [0.1, 0.15) is 5.56 Å². The van der Waals surface area contributed by atoms with E-state index in [2.05, 4.69) is 4.85 Å². The van der Waals surface area contributed by atoms with Crippen LogP contribution in [0.4, 0.5) is 10.1 Å². The summed E-state index contributed by atoms with van der Waals surface area (Å²) < 4.78 is 45.9. The molecule has 0 unspecified atom stereocenters. The maximum Gasteiger partial charge on any atom is 0.244 e. The summed E-state index contributed by atoms with van der Waals surface area (Å²) in [5.74, 6) is -0.539. The summed E-state index contributed by atoms with van der Waals surface area (Å²) in [7, 11) is -3.91. The van der Waals surface area contributed by atoms with Gasteiger partial charge >= 0.3 is 0 Å². The van der Waals surface area contributed by atoms with Gasteiger partial charge in [0.05, 0.1) is 41.9 Å². The lowest BCUT2D eigenvalue weighted by atomic mass is 9.83. The van der Waals surface area contributed by atoms with Crippen molar-refractivity contribution in [2.24, 2.45) is 5.41 Å². The normalized spacial score (nSPS) is 15.8. The van der Waals surface area contributed by atoms with Crippen molar-refractivity contribution in [2.45, 2.75) is 4.90 Å². The molecule has 1 aliphatic heterocycles. The molecule has 0 spiro atoms. The van der Waals surface area contributed by atoms with Gasteiger partial charge in [0.2, 0.25) is 15.7 Å². The molecule has 3 rings (SSSR count). The standard InChI is InChI=1S/C19H15ClFN3O4S/c1-23-17-4-3-14(7-16(17)21)28-12-19(11-25)9-24(10-19)29(26,27)18-5-2-13(8-22)6-15(18)20/h2-7,25H,9-12H2. The second-order valence-corrected chi connectivity index (χ2v) is 9.02. The van der Waals surface area contributed by atoms with Crippen molar-refractivity contribution < 1.29 is 22.7 Å². The Morgan fingerprint density at radius 3 is 2.62 bits per heavy atom. The third-order valence-electron chi connectivity index (χ3n) is 4.62. The van der Waals surface area contributed by atoms with E-state index in [0.29, 0.717) is 0 Å². The third-order valence-corrected chi connectivity index (χ3v) is 6.90. The topological polar surface area (TPSA) is 95.0 Å². The first kappa shape index (κ1) is 21.0. The molecule has 0 saturated carbocycles. The Hall–Kier alpha value is -2.69. The molecule has 0 atom stereocenters. The highest BCUT2D eigenvalue weighted by Crippen LogP contribution is 2.37. The summed E-state index contributed by atoms with van der Waals surface area (Å²) in [5, 5.41) is 18.6. The highest BCUT2D eigenvalue weighted by atomic mass is 35.5. The number of nitrogens with zero attached hydrogens (tertiary/aromatic N) is 3. The third kappa shape index (κ3) is 4.04. The zero-order valence-electron chi connectivity index (χ0n) is 15.0. The van der Waals surface area contributed by atoms with E-state index in [1.165, 1.54) is 30.3 Å². The quantitative estimate of drug-likeness (QED) is 0.704. The zero-order valence-corrected chi connectivity index (χ0v) is 16.5. The molecule has 150 valence electrons. The molecule has 1 saturated heterocycles. The van der Waals surface area contributed by atoms with E-state index < -0.39 is 21.3 Å². The summed E-state index contributed by atoms with van der Waals surface area (Å²) in [6, 6.07) is 9.59. The van der Waals surface area contributed by atoms with Gasteiger partial charge in [0.1, 0.15) is 16.5 Å². The van der Waals surface area contributed by atoms with Crippen molar-refractivity contribution in [1.29, 1.82) is 5.26 Å². The van der Waals surface area contributed by atoms with E-state index in [1.54, 1.807) is 0 Å². The second kappa shape index (κ2) is 7.97. The largest absolute Gasteiger partial charge is 0.493 e. The fourth-order valence-electron chi connectivity index (χ4n) is 2.93. The van der Waals surface area contributed by atoms with Crippen LogP contribution >= 0.6 is 11.6 Å². The second-order valence-electron chi connectivity index (χ2n) is 6.70. The molecule has 0 bridgehead atoms. The van der Waals surface area contributed by atoms with Crippen molar-refractivity contribution in [1.82, 2.24) is 4.31 Å². The first-order valence-corrected chi connectivity index (χ1v) is 10.2. The number of benzene rings is 2. The van der Waals surface area contributed by atoms with Gasteiger partial charge in [-0.15, -0.1) is 0 Å². The molecule has 0 amide bonds. The lowest BCUT2D eigenvalue weighted by molar-refractivity contribution is -0.0273. The van der Waals surface area contributed by atoms with Crippen molar-refractivity contribution in [3.8, 4) is 11.8 Å². The number of hydrogen-bond acceptors (Lipinski definition) is 5. The number of sulfonamides is 1. The van der Waals surface area contributed by atoms with Gasteiger partial charge in [-0.1, -0.05) is 11.6 Å². The smallest absolute Gasteiger partial charge is 0.244 e. The van der Waals surface area contributed by atoms with E-state index in [4.69, 9.17) is 28.2 Å². The van der Waals surface area contributed by atoms with Gasteiger partial charge < -0.3 is 9.84 Å². The fourth-order valence-corrected chi connectivity index (χ4v) is 5.12. The van der Waals surface area contributed by atoms with Gasteiger partial charge in [0, 0.05) is 19.2 Å². The molecular formula is C19H15ClFN3O4S. The Morgan fingerprint density at radius 2 is 2.07 bits per heavy atom. The van der Waals surface area contributed by atoms with Crippen LogP contribution in [0.5, 0.6) is 5.75 Å². The Labute approximate surface area is 172 Å². The number of ether oxygens (including phenoxy) is 1. The summed E-state index contributed by atoms with van der Waals surface area (Å²) in [5.41, 5.74) is -0.734. The van der Waals surface area contributed by atoms with Crippen LogP contribution < -0.4 is 4.74 Å². The molecule has 7 nitrogen and oxygen atoms in total. The molecule has 1 fully saturated rings. The van der Waals surface area contributed by atoms with Crippen LogP contribution in [0, 0.1) is 29.1 Å². The first-order chi connectivity index (χ1) is 13.7. The Kier molecular flexibility index (Phi) is 5.78. The van der Waals surface area contributed by atoms with Crippen LogP contribution in [0.2, 0.25) is 5.02 Å². The van der Waals surface area contributed by atoms with E-state index in [0.717, 1.165) is 10.4 Å². The lowest BCUT2D eigenvalue weighted by Gasteiger charge is -2.47. The number of aliphatic hydroxyl groups is 1.